The minimum atomic E-state index is -0.260. The van der Waals surface area contributed by atoms with Crippen LogP contribution in [0.5, 0.6) is 11.5 Å². The highest BCUT2D eigenvalue weighted by atomic mass is 79.9. The van der Waals surface area contributed by atoms with Crippen molar-refractivity contribution in [3.8, 4) is 11.5 Å². The second-order valence-corrected chi connectivity index (χ2v) is 5.99. The third kappa shape index (κ3) is 4.58. The van der Waals surface area contributed by atoms with E-state index in [0.717, 1.165) is 5.56 Å². The molecule has 0 aliphatic carbocycles. The number of nitrogens with one attached hydrogen (secondary N) is 1. The molecule has 0 saturated heterocycles. The van der Waals surface area contributed by atoms with Crippen molar-refractivity contribution in [2.45, 2.75) is 13.0 Å². The largest absolute Gasteiger partial charge is 0.493 e. The average Bonchev–Trinajstić information content (AvgIpc) is 2.60. The molecule has 0 aliphatic heterocycles. The first kappa shape index (κ1) is 18.0. The second-order valence-electron chi connectivity index (χ2n) is 5.13. The van der Waals surface area contributed by atoms with E-state index in [1.54, 1.807) is 6.07 Å². The monoisotopic (exact) mass is 391 g/mol. The molecule has 0 unspecified atom stereocenters. The van der Waals surface area contributed by atoms with Gasteiger partial charge in [-0.2, -0.15) is 0 Å². The molecule has 2 aromatic rings. The fourth-order valence-electron chi connectivity index (χ4n) is 2.16. The molecule has 6 heteroatoms. The van der Waals surface area contributed by atoms with Crippen LogP contribution >= 0.6 is 15.9 Å². The number of rotatable bonds is 7. The fourth-order valence-corrected chi connectivity index (χ4v) is 2.58. The predicted octanol–water partition coefficient (Wildman–Crippen LogP) is 3.53. The van der Waals surface area contributed by atoms with Gasteiger partial charge >= 0.3 is 0 Å². The zero-order valence-corrected chi connectivity index (χ0v) is 15.0. The van der Waals surface area contributed by atoms with Crippen molar-refractivity contribution < 1.29 is 19.1 Å². The first-order valence-corrected chi connectivity index (χ1v) is 8.14. The SMILES string of the molecule is COc1cc(Br)c(C=O)cc1OCC(=O)N[C@@H](C)c1ccccc1. The number of hydrogen-bond donors (Lipinski definition) is 1. The lowest BCUT2D eigenvalue weighted by atomic mass is 10.1. The van der Waals surface area contributed by atoms with Crippen molar-refractivity contribution in [1.29, 1.82) is 0 Å². The van der Waals surface area contributed by atoms with Crippen molar-refractivity contribution >= 4 is 28.1 Å². The Labute approximate surface area is 149 Å². The summed E-state index contributed by atoms with van der Waals surface area (Å²) in [4.78, 5) is 23.1. The van der Waals surface area contributed by atoms with Gasteiger partial charge in [-0.1, -0.05) is 30.3 Å². The molecule has 126 valence electrons. The van der Waals surface area contributed by atoms with Crippen LogP contribution in [0.3, 0.4) is 0 Å². The molecule has 1 atom stereocenters. The molecule has 1 N–H and O–H groups in total. The summed E-state index contributed by atoms with van der Waals surface area (Å²) in [5.74, 6) is 0.519. The zero-order valence-electron chi connectivity index (χ0n) is 13.4. The number of ether oxygens (including phenoxy) is 2. The number of hydrogen-bond acceptors (Lipinski definition) is 4. The highest BCUT2D eigenvalue weighted by molar-refractivity contribution is 9.10. The number of carbonyl (C=O) groups is 2. The van der Waals surface area contributed by atoms with Gasteiger partial charge in [0.25, 0.3) is 5.91 Å². The summed E-state index contributed by atoms with van der Waals surface area (Å²) in [5.41, 5.74) is 1.43. The Bertz CT molecular complexity index is 718. The normalized spacial score (nSPS) is 11.5. The Kier molecular flexibility index (Phi) is 6.37. The third-order valence-corrected chi connectivity index (χ3v) is 4.13. The fraction of sp³-hybridized carbons (Fsp3) is 0.222. The van der Waals surface area contributed by atoms with Crippen LogP contribution in [-0.4, -0.2) is 25.9 Å². The molecule has 0 saturated carbocycles. The maximum absolute atomic E-state index is 12.1. The Balaban J connectivity index is 2.00. The quantitative estimate of drug-likeness (QED) is 0.733. The lowest BCUT2D eigenvalue weighted by molar-refractivity contribution is -0.123. The number of aldehydes is 1. The van der Waals surface area contributed by atoms with Gasteiger partial charge in [0.05, 0.1) is 13.2 Å². The van der Waals surface area contributed by atoms with E-state index in [-0.39, 0.29) is 18.6 Å². The summed E-state index contributed by atoms with van der Waals surface area (Å²) in [6, 6.07) is 12.7. The third-order valence-electron chi connectivity index (χ3n) is 3.45. The van der Waals surface area contributed by atoms with E-state index in [9.17, 15) is 9.59 Å². The first-order valence-electron chi connectivity index (χ1n) is 7.35. The van der Waals surface area contributed by atoms with E-state index in [1.165, 1.54) is 13.2 Å². The van der Waals surface area contributed by atoms with Gasteiger partial charge in [0, 0.05) is 10.0 Å². The van der Waals surface area contributed by atoms with Gasteiger partial charge in [-0.05, 0) is 40.5 Å². The number of methoxy groups -OCH3 is 1. The summed E-state index contributed by atoms with van der Waals surface area (Å²) >= 11 is 3.27. The topological polar surface area (TPSA) is 64.6 Å². The number of halogens is 1. The van der Waals surface area contributed by atoms with Crippen molar-refractivity contribution in [2.75, 3.05) is 13.7 Å². The summed E-state index contributed by atoms with van der Waals surface area (Å²) in [6.07, 6.45) is 0.702. The number of benzene rings is 2. The van der Waals surface area contributed by atoms with E-state index >= 15 is 0 Å². The lowest BCUT2D eigenvalue weighted by Crippen LogP contribution is -2.31. The number of amides is 1. The lowest BCUT2D eigenvalue weighted by Gasteiger charge is -2.16. The van der Waals surface area contributed by atoms with Gasteiger partial charge < -0.3 is 14.8 Å². The van der Waals surface area contributed by atoms with Crippen molar-refractivity contribution in [1.82, 2.24) is 5.32 Å². The van der Waals surface area contributed by atoms with Gasteiger partial charge in [-0.15, -0.1) is 0 Å². The van der Waals surface area contributed by atoms with Crippen LogP contribution in [0.2, 0.25) is 0 Å². The molecule has 2 rings (SSSR count). The molecule has 0 spiro atoms. The maximum Gasteiger partial charge on any atom is 0.258 e. The summed E-state index contributed by atoms with van der Waals surface area (Å²) in [7, 11) is 1.49. The molecule has 1 amide bonds. The van der Waals surface area contributed by atoms with Gasteiger partial charge in [-0.3, -0.25) is 9.59 Å². The van der Waals surface area contributed by atoms with Crippen molar-refractivity contribution in [3.63, 3.8) is 0 Å². The van der Waals surface area contributed by atoms with E-state index in [1.807, 2.05) is 37.3 Å². The summed E-state index contributed by atoms with van der Waals surface area (Å²) in [5, 5.41) is 2.86. The second kappa shape index (κ2) is 8.49. The van der Waals surface area contributed by atoms with E-state index in [4.69, 9.17) is 9.47 Å². The van der Waals surface area contributed by atoms with Crippen LogP contribution in [0.15, 0.2) is 46.9 Å². The standard InChI is InChI=1S/C18H18BrNO4/c1-12(13-6-4-3-5-7-13)20-18(22)11-24-17-8-14(10-21)15(19)9-16(17)23-2/h3-10,12H,11H2,1-2H3,(H,20,22)/t12-/m0/s1. The Morgan fingerprint density at radius 1 is 1.25 bits per heavy atom. The first-order chi connectivity index (χ1) is 11.5. The average molecular weight is 392 g/mol. The smallest absolute Gasteiger partial charge is 0.258 e. The molecule has 0 heterocycles. The van der Waals surface area contributed by atoms with Crippen molar-refractivity contribution in [2.24, 2.45) is 0 Å². The van der Waals surface area contributed by atoms with Crippen LogP contribution in [0.25, 0.3) is 0 Å². The minimum absolute atomic E-state index is 0.125. The Morgan fingerprint density at radius 2 is 1.96 bits per heavy atom. The number of carbonyl (C=O) groups excluding carboxylic acids is 2. The predicted molar refractivity (Wildman–Crippen MR) is 94.6 cm³/mol. The zero-order chi connectivity index (χ0) is 17.5. The highest BCUT2D eigenvalue weighted by Gasteiger charge is 2.13. The highest BCUT2D eigenvalue weighted by Crippen LogP contribution is 2.32. The molecule has 5 nitrogen and oxygen atoms in total. The van der Waals surface area contributed by atoms with E-state index < -0.39 is 0 Å². The molecule has 24 heavy (non-hydrogen) atoms. The maximum atomic E-state index is 12.1. The van der Waals surface area contributed by atoms with Gasteiger partial charge in [0.1, 0.15) is 0 Å². The Hall–Kier alpha value is -2.34. The van der Waals surface area contributed by atoms with Gasteiger partial charge in [-0.25, -0.2) is 0 Å². The van der Waals surface area contributed by atoms with E-state index in [0.29, 0.717) is 27.8 Å². The molecule has 0 bridgehead atoms. The molecule has 0 fully saturated rings. The molecule has 0 aromatic heterocycles. The van der Waals surface area contributed by atoms with Crippen molar-refractivity contribution in [3.05, 3.63) is 58.1 Å². The van der Waals surface area contributed by atoms with Crippen LogP contribution in [0.1, 0.15) is 28.9 Å². The molecule has 0 radical (unpaired) electrons. The summed E-state index contributed by atoms with van der Waals surface area (Å²) < 4.78 is 11.3. The molecule has 2 aromatic carbocycles. The van der Waals surface area contributed by atoms with Crippen LogP contribution in [-0.2, 0) is 4.79 Å². The molecule has 0 aliphatic rings. The summed E-state index contributed by atoms with van der Waals surface area (Å²) in [6.45, 7) is 1.73. The molecular weight excluding hydrogens is 374 g/mol. The minimum Gasteiger partial charge on any atom is -0.493 e. The van der Waals surface area contributed by atoms with E-state index in [2.05, 4.69) is 21.2 Å². The molecular formula is C18H18BrNO4. The van der Waals surface area contributed by atoms with Crippen LogP contribution in [0.4, 0.5) is 0 Å². The van der Waals surface area contributed by atoms with Crippen LogP contribution in [0, 0.1) is 0 Å². The van der Waals surface area contributed by atoms with Gasteiger partial charge in [0.15, 0.2) is 24.4 Å². The van der Waals surface area contributed by atoms with Gasteiger partial charge in [0.2, 0.25) is 0 Å². The van der Waals surface area contributed by atoms with Crippen LogP contribution < -0.4 is 14.8 Å². The Morgan fingerprint density at radius 3 is 2.58 bits per heavy atom.